The Morgan fingerprint density at radius 1 is 1.71 bits per heavy atom. The number of thiocarbonyl (C=S) groups is 1. The SMILES string of the molecule is CSC(=S)C1CC1. The minimum Gasteiger partial charge on any atom is -0.122 e. The van der Waals surface area contributed by atoms with E-state index in [-0.39, 0.29) is 0 Å². The summed E-state index contributed by atoms with van der Waals surface area (Å²) in [6, 6.07) is 0. The lowest BCUT2D eigenvalue weighted by Gasteiger charge is -1.88. The molecule has 0 bridgehead atoms. The lowest BCUT2D eigenvalue weighted by Crippen LogP contribution is -1.85. The standard InChI is InChI=1S/C5H8S2/c1-7-5(6)4-2-3-4/h4H,2-3H2,1H3. The second-order valence-corrected chi connectivity index (χ2v) is 3.34. The summed E-state index contributed by atoms with van der Waals surface area (Å²) in [5.74, 6) is 0.810. The fourth-order valence-corrected chi connectivity index (χ4v) is 1.29. The van der Waals surface area contributed by atoms with Crippen molar-refractivity contribution in [2.75, 3.05) is 6.26 Å². The van der Waals surface area contributed by atoms with Crippen LogP contribution < -0.4 is 0 Å². The molecule has 0 aromatic rings. The molecule has 1 fully saturated rings. The van der Waals surface area contributed by atoms with Crippen LogP contribution in [0.15, 0.2) is 0 Å². The van der Waals surface area contributed by atoms with E-state index in [0.29, 0.717) is 0 Å². The number of hydrogen-bond donors (Lipinski definition) is 0. The van der Waals surface area contributed by atoms with E-state index in [1.54, 1.807) is 11.8 Å². The third kappa shape index (κ3) is 1.42. The fraction of sp³-hybridized carbons (Fsp3) is 0.800. The molecule has 1 saturated carbocycles. The number of rotatable bonds is 1. The Morgan fingerprint density at radius 2 is 2.29 bits per heavy atom. The molecule has 0 aromatic heterocycles. The van der Waals surface area contributed by atoms with Crippen LogP contribution >= 0.6 is 24.0 Å². The average Bonchev–Trinajstić information content (AvgIpc) is 2.44. The lowest BCUT2D eigenvalue weighted by molar-refractivity contribution is 1.26. The van der Waals surface area contributed by atoms with Gasteiger partial charge >= 0.3 is 0 Å². The normalized spacial score (nSPS) is 19.6. The molecule has 1 aliphatic rings. The van der Waals surface area contributed by atoms with Crippen LogP contribution in [-0.2, 0) is 0 Å². The van der Waals surface area contributed by atoms with Crippen LogP contribution in [0.1, 0.15) is 12.8 Å². The molecule has 0 aliphatic heterocycles. The van der Waals surface area contributed by atoms with Gasteiger partial charge in [0.05, 0.1) is 4.20 Å². The fourth-order valence-electron chi connectivity index (χ4n) is 0.486. The third-order valence-electron chi connectivity index (χ3n) is 1.11. The highest BCUT2D eigenvalue weighted by molar-refractivity contribution is 8.22. The zero-order valence-electron chi connectivity index (χ0n) is 4.31. The summed E-state index contributed by atoms with van der Waals surface area (Å²) in [4.78, 5) is 0. The topological polar surface area (TPSA) is 0 Å². The van der Waals surface area contributed by atoms with Crippen molar-refractivity contribution in [3.05, 3.63) is 0 Å². The molecule has 0 radical (unpaired) electrons. The Morgan fingerprint density at radius 3 is 2.43 bits per heavy atom. The molecule has 0 spiro atoms. The van der Waals surface area contributed by atoms with Crippen molar-refractivity contribution in [1.82, 2.24) is 0 Å². The Kier molecular flexibility index (Phi) is 1.70. The summed E-state index contributed by atoms with van der Waals surface area (Å²) in [6.07, 6.45) is 4.75. The molecule has 0 nitrogen and oxygen atoms in total. The molecule has 1 aliphatic carbocycles. The van der Waals surface area contributed by atoms with E-state index in [9.17, 15) is 0 Å². The smallest absolute Gasteiger partial charge is 0.0506 e. The van der Waals surface area contributed by atoms with Crippen LogP contribution in [0.2, 0.25) is 0 Å². The van der Waals surface area contributed by atoms with Crippen molar-refractivity contribution in [1.29, 1.82) is 0 Å². The van der Waals surface area contributed by atoms with Gasteiger partial charge in [-0.05, 0) is 19.1 Å². The van der Waals surface area contributed by atoms with E-state index in [1.807, 2.05) is 0 Å². The van der Waals surface area contributed by atoms with E-state index in [4.69, 9.17) is 12.2 Å². The van der Waals surface area contributed by atoms with Crippen LogP contribution in [-0.4, -0.2) is 10.5 Å². The predicted octanol–water partition coefficient (Wildman–Crippen LogP) is 2.09. The highest BCUT2D eigenvalue weighted by Crippen LogP contribution is 2.34. The van der Waals surface area contributed by atoms with E-state index in [0.717, 1.165) is 5.92 Å². The number of thioether (sulfide) groups is 1. The van der Waals surface area contributed by atoms with E-state index < -0.39 is 0 Å². The zero-order chi connectivity index (χ0) is 5.28. The highest BCUT2D eigenvalue weighted by atomic mass is 32.2. The van der Waals surface area contributed by atoms with E-state index >= 15 is 0 Å². The van der Waals surface area contributed by atoms with Crippen LogP contribution in [0.5, 0.6) is 0 Å². The Bertz CT molecular complexity index is 84.1. The first-order chi connectivity index (χ1) is 3.34. The molecule has 2 heteroatoms. The van der Waals surface area contributed by atoms with Gasteiger partial charge in [-0.3, -0.25) is 0 Å². The van der Waals surface area contributed by atoms with Crippen molar-refractivity contribution in [2.24, 2.45) is 5.92 Å². The van der Waals surface area contributed by atoms with Crippen molar-refractivity contribution < 1.29 is 0 Å². The molecule has 0 saturated heterocycles. The van der Waals surface area contributed by atoms with Crippen LogP contribution in [0.25, 0.3) is 0 Å². The van der Waals surface area contributed by atoms with Gasteiger partial charge < -0.3 is 0 Å². The predicted molar refractivity (Wildman–Crippen MR) is 38.8 cm³/mol. The van der Waals surface area contributed by atoms with Gasteiger partial charge in [0.15, 0.2) is 0 Å². The Balaban J connectivity index is 2.24. The Hall–Kier alpha value is 0.440. The Labute approximate surface area is 53.7 Å². The first-order valence-electron chi connectivity index (χ1n) is 2.42. The second kappa shape index (κ2) is 2.14. The molecule has 0 aromatic carbocycles. The molecule has 0 N–H and O–H groups in total. The molecule has 40 valence electrons. The molecular weight excluding hydrogens is 124 g/mol. The largest absolute Gasteiger partial charge is 0.122 e. The molecule has 1 rings (SSSR count). The minimum absolute atomic E-state index is 0.810. The summed E-state index contributed by atoms with van der Waals surface area (Å²) in [5, 5.41) is 0. The molecular formula is C5H8S2. The zero-order valence-corrected chi connectivity index (χ0v) is 5.94. The summed E-state index contributed by atoms with van der Waals surface area (Å²) in [6.45, 7) is 0. The number of hydrogen-bond acceptors (Lipinski definition) is 2. The third-order valence-corrected chi connectivity index (χ3v) is 2.68. The van der Waals surface area contributed by atoms with Crippen LogP contribution in [0.4, 0.5) is 0 Å². The molecule has 0 heterocycles. The molecule has 7 heavy (non-hydrogen) atoms. The van der Waals surface area contributed by atoms with E-state index in [2.05, 4.69) is 6.26 Å². The molecule has 0 amide bonds. The van der Waals surface area contributed by atoms with Gasteiger partial charge in [-0.25, -0.2) is 0 Å². The van der Waals surface area contributed by atoms with Gasteiger partial charge in [0.25, 0.3) is 0 Å². The maximum Gasteiger partial charge on any atom is 0.0506 e. The monoisotopic (exact) mass is 132 g/mol. The highest BCUT2D eigenvalue weighted by Gasteiger charge is 2.24. The van der Waals surface area contributed by atoms with Gasteiger partial charge in [-0.15, -0.1) is 11.8 Å². The lowest BCUT2D eigenvalue weighted by atomic mass is 10.5. The van der Waals surface area contributed by atoms with Crippen molar-refractivity contribution in [3.8, 4) is 0 Å². The van der Waals surface area contributed by atoms with Crippen LogP contribution in [0, 0.1) is 5.92 Å². The summed E-state index contributed by atoms with van der Waals surface area (Å²) < 4.78 is 1.21. The van der Waals surface area contributed by atoms with Gasteiger partial charge in [-0.2, -0.15) is 0 Å². The van der Waals surface area contributed by atoms with Crippen LogP contribution in [0.3, 0.4) is 0 Å². The second-order valence-electron chi connectivity index (χ2n) is 1.80. The first-order valence-corrected chi connectivity index (χ1v) is 4.05. The van der Waals surface area contributed by atoms with E-state index in [1.165, 1.54) is 17.0 Å². The molecule has 0 atom stereocenters. The maximum absolute atomic E-state index is 5.00. The van der Waals surface area contributed by atoms with Crippen molar-refractivity contribution in [2.45, 2.75) is 12.8 Å². The summed E-state index contributed by atoms with van der Waals surface area (Å²) >= 11 is 6.73. The van der Waals surface area contributed by atoms with Crippen molar-refractivity contribution >= 4 is 28.2 Å². The molecule has 0 unspecified atom stereocenters. The van der Waals surface area contributed by atoms with Gasteiger partial charge in [0.1, 0.15) is 0 Å². The summed E-state index contributed by atoms with van der Waals surface area (Å²) in [7, 11) is 0. The maximum atomic E-state index is 5.00. The van der Waals surface area contributed by atoms with Gasteiger partial charge in [0, 0.05) is 5.92 Å². The van der Waals surface area contributed by atoms with Gasteiger partial charge in [-0.1, -0.05) is 12.2 Å². The summed E-state index contributed by atoms with van der Waals surface area (Å²) in [5.41, 5.74) is 0. The van der Waals surface area contributed by atoms with Gasteiger partial charge in [0.2, 0.25) is 0 Å². The minimum atomic E-state index is 0.810. The quantitative estimate of drug-likeness (QED) is 0.501. The first kappa shape index (κ1) is 5.57. The van der Waals surface area contributed by atoms with Crippen molar-refractivity contribution in [3.63, 3.8) is 0 Å². The average molecular weight is 132 g/mol.